The number of unbranched alkanes of at least 4 members (excludes halogenated alkanes) is 1. The number of ether oxygens (including phenoxy) is 1. The fourth-order valence-corrected chi connectivity index (χ4v) is 1.97. The number of hydrogen-bond acceptors (Lipinski definition) is 1. The highest BCUT2D eigenvalue weighted by Gasteiger charge is 2.44. The van der Waals surface area contributed by atoms with Crippen molar-refractivity contribution < 1.29 is 4.74 Å². The van der Waals surface area contributed by atoms with Gasteiger partial charge in [-0.1, -0.05) is 43.7 Å². The summed E-state index contributed by atoms with van der Waals surface area (Å²) in [5.41, 5.74) is 1.83. The van der Waals surface area contributed by atoms with Gasteiger partial charge in [-0.25, -0.2) is 0 Å². The van der Waals surface area contributed by atoms with Crippen LogP contribution in [-0.4, -0.2) is 13.2 Å². The van der Waals surface area contributed by atoms with Gasteiger partial charge in [0.1, 0.15) is 0 Å². The first kappa shape index (κ1) is 10.7. The van der Waals surface area contributed by atoms with Crippen molar-refractivity contribution in [2.45, 2.75) is 38.0 Å². The van der Waals surface area contributed by atoms with E-state index in [-0.39, 0.29) is 0 Å². The van der Waals surface area contributed by atoms with Crippen LogP contribution in [0.1, 0.15) is 38.2 Å². The Bertz CT molecular complexity index is 287. The van der Waals surface area contributed by atoms with E-state index in [1.165, 1.54) is 31.2 Å². The molecule has 1 heteroatoms. The first-order valence-electron chi connectivity index (χ1n) is 6.01. The fourth-order valence-electron chi connectivity index (χ4n) is 1.97. The van der Waals surface area contributed by atoms with Crippen LogP contribution in [0.15, 0.2) is 30.3 Å². The molecule has 1 nitrogen and oxygen atoms in total. The molecule has 82 valence electrons. The van der Waals surface area contributed by atoms with E-state index >= 15 is 0 Å². The van der Waals surface area contributed by atoms with Crippen molar-refractivity contribution in [2.75, 3.05) is 13.2 Å². The lowest BCUT2D eigenvalue weighted by Crippen LogP contribution is -2.15. The molecule has 0 heterocycles. The van der Waals surface area contributed by atoms with Gasteiger partial charge in [0.05, 0.1) is 6.61 Å². The summed E-state index contributed by atoms with van der Waals surface area (Å²) in [7, 11) is 0. The maximum Gasteiger partial charge on any atom is 0.0562 e. The molecule has 1 fully saturated rings. The van der Waals surface area contributed by atoms with Crippen molar-refractivity contribution in [3.8, 4) is 0 Å². The molecule has 0 amide bonds. The zero-order valence-electron chi connectivity index (χ0n) is 9.54. The highest BCUT2D eigenvalue weighted by Crippen LogP contribution is 2.48. The molecule has 2 rings (SSSR count). The van der Waals surface area contributed by atoms with Crippen LogP contribution in [-0.2, 0) is 10.2 Å². The second kappa shape index (κ2) is 4.80. The molecule has 1 aliphatic carbocycles. The van der Waals surface area contributed by atoms with E-state index in [2.05, 4.69) is 37.3 Å². The number of hydrogen-bond donors (Lipinski definition) is 0. The van der Waals surface area contributed by atoms with Crippen LogP contribution in [0.25, 0.3) is 0 Å². The van der Waals surface area contributed by atoms with Gasteiger partial charge < -0.3 is 4.74 Å². The summed E-state index contributed by atoms with van der Waals surface area (Å²) < 4.78 is 5.76. The molecule has 0 spiro atoms. The quantitative estimate of drug-likeness (QED) is 0.644. The third kappa shape index (κ3) is 2.60. The summed E-state index contributed by atoms with van der Waals surface area (Å²) in [6, 6.07) is 10.8. The van der Waals surface area contributed by atoms with Gasteiger partial charge in [-0.15, -0.1) is 0 Å². The van der Waals surface area contributed by atoms with Crippen LogP contribution in [0.2, 0.25) is 0 Å². The molecule has 0 atom stereocenters. The van der Waals surface area contributed by atoms with Gasteiger partial charge in [0, 0.05) is 12.0 Å². The lowest BCUT2D eigenvalue weighted by molar-refractivity contribution is 0.111. The predicted molar refractivity (Wildman–Crippen MR) is 63.1 cm³/mol. The van der Waals surface area contributed by atoms with Crippen molar-refractivity contribution >= 4 is 0 Å². The molecular weight excluding hydrogens is 184 g/mol. The third-order valence-corrected chi connectivity index (χ3v) is 3.26. The molecule has 1 saturated carbocycles. The molecule has 0 unspecified atom stereocenters. The number of benzene rings is 1. The van der Waals surface area contributed by atoms with E-state index in [0.29, 0.717) is 5.41 Å². The standard InChI is InChI=1S/C14H20O/c1-2-3-11-15-12-14(9-10-14)13-7-5-4-6-8-13/h4-8H,2-3,9-12H2,1H3. The van der Waals surface area contributed by atoms with Gasteiger partial charge >= 0.3 is 0 Å². The summed E-state index contributed by atoms with van der Waals surface area (Å²) in [5.74, 6) is 0. The van der Waals surface area contributed by atoms with Crippen molar-refractivity contribution in [1.29, 1.82) is 0 Å². The summed E-state index contributed by atoms with van der Waals surface area (Å²) in [6.07, 6.45) is 5.00. The van der Waals surface area contributed by atoms with Crippen LogP contribution in [0.4, 0.5) is 0 Å². The maximum absolute atomic E-state index is 5.76. The molecule has 1 aromatic rings. The van der Waals surface area contributed by atoms with Gasteiger partial charge in [-0.05, 0) is 24.8 Å². The molecule has 0 saturated heterocycles. The zero-order valence-corrected chi connectivity index (χ0v) is 9.54. The van der Waals surface area contributed by atoms with Crippen LogP contribution in [0, 0.1) is 0 Å². The van der Waals surface area contributed by atoms with Crippen LogP contribution < -0.4 is 0 Å². The van der Waals surface area contributed by atoms with Crippen molar-refractivity contribution in [3.05, 3.63) is 35.9 Å². The largest absolute Gasteiger partial charge is 0.381 e. The Morgan fingerprint density at radius 3 is 2.53 bits per heavy atom. The molecular formula is C14H20O. The van der Waals surface area contributed by atoms with E-state index in [9.17, 15) is 0 Å². The van der Waals surface area contributed by atoms with E-state index in [1.807, 2.05) is 0 Å². The molecule has 1 aliphatic rings. The molecule has 0 aromatic heterocycles. The molecule has 1 aromatic carbocycles. The first-order valence-corrected chi connectivity index (χ1v) is 6.01. The van der Waals surface area contributed by atoms with Crippen molar-refractivity contribution in [1.82, 2.24) is 0 Å². The average molecular weight is 204 g/mol. The van der Waals surface area contributed by atoms with Gasteiger partial charge in [0.2, 0.25) is 0 Å². The minimum Gasteiger partial charge on any atom is -0.381 e. The predicted octanol–water partition coefficient (Wildman–Crippen LogP) is 3.53. The second-order valence-corrected chi connectivity index (χ2v) is 4.55. The lowest BCUT2D eigenvalue weighted by Gasteiger charge is -2.15. The van der Waals surface area contributed by atoms with E-state index in [0.717, 1.165) is 13.2 Å². The summed E-state index contributed by atoms with van der Waals surface area (Å²) >= 11 is 0. The fraction of sp³-hybridized carbons (Fsp3) is 0.571. The van der Waals surface area contributed by atoms with E-state index in [4.69, 9.17) is 4.74 Å². The molecule has 15 heavy (non-hydrogen) atoms. The zero-order chi connectivity index (χ0) is 10.6. The molecule has 0 aliphatic heterocycles. The Morgan fingerprint density at radius 2 is 1.93 bits per heavy atom. The summed E-state index contributed by atoms with van der Waals surface area (Å²) in [4.78, 5) is 0. The van der Waals surface area contributed by atoms with Crippen molar-refractivity contribution in [3.63, 3.8) is 0 Å². The van der Waals surface area contributed by atoms with Gasteiger partial charge in [0.15, 0.2) is 0 Å². The van der Waals surface area contributed by atoms with Crippen molar-refractivity contribution in [2.24, 2.45) is 0 Å². The normalized spacial score (nSPS) is 17.7. The molecule has 0 N–H and O–H groups in total. The Hall–Kier alpha value is -0.820. The van der Waals surface area contributed by atoms with Crippen LogP contribution >= 0.6 is 0 Å². The van der Waals surface area contributed by atoms with E-state index in [1.54, 1.807) is 0 Å². The molecule has 0 radical (unpaired) electrons. The van der Waals surface area contributed by atoms with Crippen LogP contribution in [0.5, 0.6) is 0 Å². The van der Waals surface area contributed by atoms with Crippen LogP contribution in [0.3, 0.4) is 0 Å². The third-order valence-electron chi connectivity index (χ3n) is 3.26. The molecule has 0 bridgehead atoms. The monoisotopic (exact) mass is 204 g/mol. The van der Waals surface area contributed by atoms with Gasteiger partial charge in [-0.2, -0.15) is 0 Å². The lowest BCUT2D eigenvalue weighted by atomic mass is 9.97. The number of rotatable bonds is 6. The smallest absolute Gasteiger partial charge is 0.0562 e. The summed E-state index contributed by atoms with van der Waals surface area (Å²) in [5, 5.41) is 0. The second-order valence-electron chi connectivity index (χ2n) is 4.55. The summed E-state index contributed by atoms with van der Waals surface area (Å²) in [6.45, 7) is 4.04. The Labute approximate surface area is 92.5 Å². The average Bonchev–Trinajstić information content (AvgIpc) is 3.07. The minimum atomic E-state index is 0.370. The SMILES string of the molecule is CCCCOCC1(c2ccccc2)CC1. The van der Waals surface area contributed by atoms with E-state index < -0.39 is 0 Å². The Kier molecular flexibility index (Phi) is 3.42. The first-order chi connectivity index (χ1) is 7.37. The van der Waals surface area contributed by atoms with Gasteiger partial charge in [-0.3, -0.25) is 0 Å². The van der Waals surface area contributed by atoms with Gasteiger partial charge in [0.25, 0.3) is 0 Å². The topological polar surface area (TPSA) is 9.23 Å². The highest BCUT2D eigenvalue weighted by molar-refractivity contribution is 5.31. The maximum atomic E-state index is 5.76. The highest BCUT2D eigenvalue weighted by atomic mass is 16.5. The Balaban J connectivity index is 1.86. The minimum absolute atomic E-state index is 0.370. The Morgan fingerprint density at radius 1 is 1.20 bits per heavy atom.